The van der Waals surface area contributed by atoms with E-state index in [2.05, 4.69) is 18.7 Å². The summed E-state index contributed by atoms with van der Waals surface area (Å²) in [5, 5.41) is 9.66. The number of aliphatic hydroxyl groups excluding tert-OH is 1. The quantitative estimate of drug-likeness (QED) is 0.874. The van der Waals surface area contributed by atoms with Crippen LogP contribution in [0.15, 0.2) is 30.3 Å². The van der Waals surface area contributed by atoms with E-state index in [0.717, 1.165) is 25.1 Å². The van der Waals surface area contributed by atoms with Gasteiger partial charge in [-0.05, 0) is 17.9 Å². The Labute approximate surface area is 138 Å². The summed E-state index contributed by atoms with van der Waals surface area (Å²) in [4.78, 5) is 16.2. The number of β-amino-alcohol motifs (C(OH)–C–C–N with tert-alkyl or cyclic N) is 1. The van der Waals surface area contributed by atoms with E-state index in [1.807, 2.05) is 30.3 Å². The van der Waals surface area contributed by atoms with Gasteiger partial charge in [-0.25, -0.2) is 4.79 Å². The number of rotatable bonds is 6. The number of nitrogens with zero attached hydrogens (tertiary/aromatic N) is 2. The van der Waals surface area contributed by atoms with Crippen LogP contribution in [0.3, 0.4) is 0 Å². The van der Waals surface area contributed by atoms with Crippen molar-refractivity contribution in [1.29, 1.82) is 0 Å². The predicted octanol–water partition coefficient (Wildman–Crippen LogP) is 2.35. The van der Waals surface area contributed by atoms with Crippen LogP contribution in [0.25, 0.3) is 0 Å². The first-order chi connectivity index (χ1) is 11.0. The van der Waals surface area contributed by atoms with Gasteiger partial charge in [-0.15, -0.1) is 0 Å². The van der Waals surface area contributed by atoms with Crippen LogP contribution in [0, 0.1) is 5.92 Å². The molecule has 1 N–H and O–H groups in total. The van der Waals surface area contributed by atoms with E-state index < -0.39 is 0 Å². The molecule has 0 aliphatic carbocycles. The van der Waals surface area contributed by atoms with Gasteiger partial charge in [-0.2, -0.15) is 0 Å². The van der Waals surface area contributed by atoms with Crippen LogP contribution < -0.4 is 0 Å². The molecule has 1 aromatic carbocycles. The Morgan fingerprint density at radius 2 is 2.09 bits per heavy atom. The number of hydrogen-bond donors (Lipinski definition) is 1. The van der Waals surface area contributed by atoms with Crippen LogP contribution in [-0.2, 0) is 11.3 Å². The molecule has 2 atom stereocenters. The van der Waals surface area contributed by atoms with Gasteiger partial charge in [0.1, 0.15) is 6.61 Å². The smallest absolute Gasteiger partial charge is 0.410 e. The van der Waals surface area contributed by atoms with Crippen molar-refractivity contribution in [2.45, 2.75) is 39.0 Å². The SMILES string of the molecule is CC(C)[C@@H](CN1CC[C@H](O)C1)N(C)C(=O)OCc1ccccc1. The molecule has 0 bridgehead atoms. The fourth-order valence-corrected chi connectivity index (χ4v) is 2.98. The molecule has 1 aliphatic rings. The number of carbonyl (C=O) groups excluding carboxylic acids is 1. The highest BCUT2D eigenvalue weighted by molar-refractivity contribution is 5.67. The summed E-state index contributed by atoms with van der Waals surface area (Å²) in [6.07, 6.45) is 0.276. The fourth-order valence-electron chi connectivity index (χ4n) is 2.98. The molecule has 23 heavy (non-hydrogen) atoms. The molecule has 0 radical (unpaired) electrons. The lowest BCUT2D eigenvalue weighted by Gasteiger charge is -2.33. The van der Waals surface area contributed by atoms with Crippen molar-refractivity contribution in [2.24, 2.45) is 5.92 Å². The minimum Gasteiger partial charge on any atom is -0.445 e. The molecule has 1 aromatic rings. The standard InChI is InChI=1S/C18H28N2O3/c1-14(2)17(12-20-10-9-16(21)11-20)19(3)18(22)23-13-15-7-5-4-6-8-15/h4-8,14,16-17,21H,9-13H2,1-3H3/t16-,17+/m0/s1. The second-order valence-electron chi connectivity index (χ2n) is 6.66. The van der Waals surface area contributed by atoms with E-state index in [1.165, 1.54) is 0 Å². The normalized spacial score (nSPS) is 19.8. The van der Waals surface area contributed by atoms with Crippen molar-refractivity contribution in [1.82, 2.24) is 9.80 Å². The lowest BCUT2D eigenvalue weighted by Crippen LogP contribution is -2.47. The second kappa shape index (κ2) is 8.31. The molecule has 1 saturated heterocycles. The highest BCUT2D eigenvalue weighted by Gasteiger charge is 2.29. The van der Waals surface area contributed by atoms with Gasteiger partial charge in [-0.3, -0.25) is 4.90 Å². The Morgan fingerprint density at radius 3 is 2.65 bits per heavy atom. The van der Waals surface area contributed by atoms with Crippen LogP contribution >= 0.6 is 0 Å². The molecule has 0 aromatic heterocycles. The van der Waals surface area contributed by atoms with Crippen LogP contribution in [0.4, 0.5) is 4.79 Å². The number of benzene rings is 1. The number of likely N-dealkylation sites (N-methyl/N-ethyl adjacent to an activating group) is 1. The topological polar surface area (TPSA) is 53.0 Å². The monoisotopic (exact) mass is 320 g/mol. The van der Waals surface area contributed by atoms with Gasteiger partial charge in [0.15, 0.2) is 0 Å². The van der Waals surface area contributed by atoms with E-state index in [0.29, 0.717) is 12.5 Å². The highest BCUT2D eigenvalue weighted by atomic mass is 16.6. The van der Waals surface area contributed by atoms with Gasteiger partial charge in [0.2, 0.25) is 0 Å². The summed E-state index contributed by atoms with van der Waals surface area (Å²) in [6.45, 7) is 6.85. The summed E-state index contributed by atoms with van der Waals surface area (Å²) in [6, 6.07) is 9.77. The summed E-state index contributed by atoms with van der Waals surface area (Å²) in [7, 11) is 1.80. The zero-order valence-corrected chi connectivity index (χ0v) is 14.3. The second-order valence-corrected chi connectivity index (χ2v) is 6.66. The average Bonchev–Trinajstić information content (AvgIpc) is 2.95. The molecular formula is C18H28N2O3. The maximum Gasteiger partial charge on any atom is 0.410 e. The molecule has 0 spiro atoms. The molecule has 1 amide bonds. The van der Waals surface area contributed by atoms with E-state index in [1.54, 1.807) is 11.9 Å². The van der Waals surface area contributed by atoms with Crippen LogP contribution in [0.2, 0.25) is 0 Å². The van der Waals surface area contributed by atoms with Gasteiger partial charge in [0.25, 0.3) is 0 Å². The third-order valence-corrected chi connectivity index (χ3v) is 4.45. The van der Waals surface area contributed by atoms with Crippen LogP contribution in [0.1, 0.15) is 25.8 Å². The van der Waals surface area contributed by atoms with E-state index in [4.69, 9.17) is 4.74 Å². The summed E-state index contributed by atoms with van der Waals surface area (Å²) in [5.41, 5.74) is 0.984. The Kier molecular flexibility index (Phi) is 6.42. The molecule has 0 unspecified atom stereocenters. The third kappa shape index (κ3) is 5.22. The number of hydrogen-bond acceptors (Lipinski definition) is 4. The lowest BCUT2D eigenvalue weighted by atomic mass is 10.0. The minimum absolute atomic E-state index is 0.0728. The summed E-state index contributed by atoms with van der Waals surface area (Å²) >= 11 is 0. The first-order valence-corrected chi connectivity index (χ1v) is 8.31. The molecule has 2 rings (SSSR count). The maximum absolute atomic E-state index is 12.3. The lowest BCUT2D eigenvalue weighted by molar-refractivity contribution is 0.0709. The van der Waals surface area contributed by atoms with Gasteiger partial charge >= 0.3 is 6.09 Å². The molecule has 0 saturated carbocycles. The number of ether oxygens (including phenoxy) is 1. The summed E-state index contributed by atoms with van der Waals surface area (Å²) in [5.74, 6) is 0.321. The predicted molar refractivity (Wildman–Crippen MR) is 90.1 cm³/mol. The van der Waals surface area contributed by atoms with Crippen molar-refractivity contribution in [3.8, 4) is 0 Å². The van der Waals surface area contributed by atoms with Crippen molar-refractivity contribution >= 4 is 6.09 Å². The molecule has 5 heteroatoms. The van der Waals surface area contributed by atoms with Crippen molar-refractivity contribution in [2.75, 3.05) is 26.7 Å². The maximum atomic E-state index is 12.3. The Hall–Kier alpha value is -1.59. The largest absolute Gasteiger partial charge is 0.445 e. The molecule has 128 valence electrons. The van der Waals surface area contributed by atoms with Gasteiger partial charge in [0, 0.05) is 32.7 Å². The first kappa shape index (κ1) is 17.8. The third-order valence-electron chi connectivity index (χ3n) is 4.45. The first-order valence-electron chi connectivity index (χ1n) is 8.31. The minimum atomic E-state index is -0.299. The zero-order valence-electron chi connectivity index (χ0n) is 14.3. The zero-order chi connectivity index (χ0) is 16.8. The van der Waals surface area contributed by atoms with Gasteiger partial charge in [0.05, 0.1) is 6.10 Å². The van der Waals surface area contributed by atoms with Crippen molar-refractivity contribution in [3.63, 3.8) is 0 Å². The number of amides is 1. The van der Waals surface area contributed by atoms with E-state index in [-0.39, 0.29) is 24.8 Å². The summed E-state index contributed by atoms with van der Waals surface area (Å²) < 4.78 is 5.43. The van der Waals surface area contributed by atoms with Crippen molar-refractivity contribution in [3.05, 3.63) is 35.9 Å². The molecule has 5 nitrogen and oxygen atoms in total. The van der Waals surface area contributed by atoms with Gasteiger partial charge in [-0.1, -0.05) is 44.2 Å². The molecular weight excluding hydrogens is 292 g/mol. The highest BCUT2D eigenvalue weighted by Crippen LogP contribution is 2.17. The Balaban J connectivity index is 1.88. The number of aliphatic hydroxyl groups is 1. The number of likely N-dealkylation sites (tertiary alicyclic amines) is 1. The molecule has 1 heterocycles. The Morgan fingerprint density at radius 1 is 1.39 bits per heavy atom. The van der Waals surface area contributed by atoms with E-state index in [9.17, 15) is 9.90 Å². The molecule has 1 fully saturated rings. The fraction of sp³-hybridized carbons (Fsp3) is 0.611. The molecule has 1 aliphatic heterocycles. The number of carbonyl (C=O) groups is 1. The van der Waals surface area contributed by atoms with Crippen LogP contribution in [0.5, 0.6) is 0 Å². The van der Waals surface area contributed by atoms with Crippen LogP contribution in [-0.4, -0.2) is 59.8 Å². The van der Waals surface area contributed by atoms with Crippen molar-refractivity contribution < 1.29 is 14.6 Å². The Bertz CT molecular complexity index is 492. The van der Waals surface area contributed by atoms with E-state index >= 15 is 0 Å². The van der Waals surface area contributed by atoms with Gasteiger partial charge < -0.3 is 14.7 Å². The average molecular weight is 320 g/mol.